The van der Waals surface area contributed by atoms with E-state index in [0.29, 0.717) is 0 Å². The summed E-state index contributed by atoms with van der Waals surface area (Å²) in [7, 11) is 2.06. The Kier molecular flexibility index (Phi) is 5.05. The lowest BCUT2D eigenvalue weighted by Crippen LogP contribution is -2.33. The van der Waals surface area contributed by atoms with Crippen molar-refractivity contribution in [3.05, 3.63) is 64.8 Å². The van der Waals surface area contributed by atoms with Crippen LogP contribution in [0.5, 0.6) is 0 Å². The van der Waals surface area contributed by atoms with Gasteiger partial charge in [0.25, 0.3) is 0 Å². The Hall–Kier alpha value is -2.61. The predicted molar refractivity (Wildman–Crippen MR) is 151 cm³/mol. The number of benzene rings is 2. The van der Waals surface area contributed by atoms with Gasteiger partial charge in [-0.15, -0.1) is 0 Å². The molecule has 1 fully saturated rings. The molecule has 0 radical (unpaired) electrons. The largest absolute Gasteiger partial charge is 0.455 e. The fourth-order valence-corrected chi connectivity index (χ4v) is 6.83. The average molecular weight is 483 g/mol. The van der Waals surface area contributed by atoms with Crippen molar-refractivity contribution in [3.63, 3.8) is 0 Å². The van der Waals surface area contributed by atoms with E-state index < -0.39 is 6.37 Å². The number of rotatable bonds is 3. The van der Waals surface area contributed by atoms with Crippen molar-refractivity contribution >= 4 is 21.9 Å². The van der Waals surface area contributed by atoms with Crippen LogP contribution in [0, 0.1) is 12.8 Å². The molecule has 0 unspecified atom stereocenters. The number of pyridine rings is 1. The Bertz CT molecular complexity index is 1550. The fraction of sp³-hybridized carbons (Fsp3) is 0.500. The molecule has 0 N–H and O–H groups in total. The number of nitrogens with zero attached hydrogens (tertiary/aromatic N) is 1. The van der Waals surface area contributed by atoms with Crippen LogP contribution in [0.4, 0.5) is 0 Å². The van der Waals surface area contributed by atoms with Crippen molar-refractivity contribution in [2.75, 3.05) is 0 Å². The van der Waals surface area contributed by atoms with E-state index in [0.717, 1.165) is 71.0 Å². The first-order valence-electron chi connectivity index (χ1n) is 14.9. The molecular formula is C34H42NO+. The molecule has 2 aliphatic carbocycles. The molecule has 1 saturated carbocycles. The van der Waals surface area contributed by atoms with Crippen LogP contribution in [0.25, 0.3) is 33.2 Å². The van der Waals surface area contributed by atoms with Gasteiger partial charge in [0.15, 0.2) is 6.20 Å². The van der Waals surface area contributed by atoms with E-state index >= 15 is 0 Å². The summed E-state index contributed by atoms with van der Waals surface area (Å²) >= 11 is 0. The number of furan rings is 1. The lowest BCUT2D eigenvalue weighted by molar-refractivity contribution is -0.660. The first kappa shape index (κ1) is 21.5. The number of hydrogen-bond acceptors (Lipinski definition) is 1. The molecule has 2 heteroatoms. The molecule has 2 heterocycles. The molecule has 0 aliphatic heterocycles. The van der Waals surface area contributed by atoms with E-state index in [2.05, 4.69) is 76.6 Å². The first-order chi connectivity index (χ1) is 17.9. The van der Waals surface area contributed by atoms with E-state index in [1.807, 2.05) is 12.3 Å². The SMILES string of the molecule is [2H]C([2H])(c1cc[n+](C)c(-c2c(C)ccc3c2oc2c4c(ccc23)C(C)(C)CCC4(C)C)c1)C1CCCCC1. The highest BCUT2D eigenvalue weighted by Crippen LogP contribution is 2.50. The molecule has 0 saturated heterocycles. The van der Waals surface area contributed by atoms with Crippen LogP contribution >= 0.6 is 0 Å². The zero-order valence-electron chi connectivity index (χ0n) is 24.9. The summed E-state index contributed by atoms with van der Waals surface area (Å²) in [4.78, 5) is 0. The summed E-state index contributed by atoms with van der Waals surface area (Å²) < 4.78 is 27.3. The minimum Gasteiger partial charge on any atom is -0.455 e. The van der Waals surface area contributed by atoms with Crippen molar-refractivity contribution in [2.24, 2.45) is 13.0 Å². The monoisotopic (exact) mass is 482 g/mol. The summed E-state index contributed by atoms with van der Waals surface area (Å²) in [6, 6.07) is 13.1. The maximum atomic E-state index is 9.12. The van der Waals surface area contributed by atoms with Gasteiger partial charge >= 0.3 is 0 Å². The molecule has 0 spiro atoms. The van der Waals surface area contributed by atoms with Crippen molar-refractivity contribution in [3.8, 4) is 11.3 Å². The third-order valence-corrected chi connectivity index (χ3v) is 9.18. The smallest absolute Gasteiger partial charge is 0.216 e. The molecular weight excluding hydrogens is 438 g/mol. The van der Waals surface area contributed by atoms with Crippen LogP contribution in [0.3, 0.4) is 0 Å². The van der Waals surface area contributed by atoms with Crippen LogP contribution < -0.4 is 4.57 Å². The Balaban J connectivity index is 1.59. The maximum Gasteiger partial charge on any atom is 0.216 e. The van der Waals surface area contributed by atoms with Crippen molar-refractivity contribution in [2.45, 2.75) is 96.8 Å². The van der Waals surface area contributed by atoms with Crippen LogP contribution in [0.15, 0.2) is 47.0 Å². The summed E-state index contributed by atoms with van der Waals surface area (Å²) in [5.74, 6) is 0.0806. The van der Waals surface area contributed by atoms with E-state index in [4.69, 9.17) is 7.16 Å². The molecule has 2 aromatic carbocycles. The summed E-state index contributed by atoms with van der Waals surface area (Å²) in [6.07, 6.45) is 8.44. The lowest BCUT2D eigenvalue weighted by atomic mass is 9.63. The Labute approximate surface area is 219 Å². The van der Waals surface area contributed by atoms with Crippen LogP contribution in [-0.2, 0) is 24.3 Å². The van der Waals surface area contributed by atoms with E-state index in [9.17, 15) is 0 Å². The minimum atomic E-state index is -1.34. The molecule has 0 amide bonds. The van der Waals surface area contributed by atoms with Gasteiger partial charge in [-0.05, 0) is 59.6 Å². The Morgan fingerprint density at radius 2 is 1.61 bits per heavy atom. The molecule has 2 aliphatic rings. The minimum absolute atomic E-state index is 0.0497. The first-order valence-corrected chi connectivity index (χ1v) is 13.9. The molecule has 188 valence electrons. The second-order valence-electron chi connectivity index (χ2n) is 12.8. The second kappa shape index (κ2) is 8.47. The van der Waals surface area contributed by atoms with Crippen LogP contribution in [-0.4, -0.2) is 0 Å². The molecule has 36 heavy (non-hydrogen) atoms. The zero-order valence-corrected chi connectivity index (χ0v) is 22.9. The highest BCUT2D eigenvalue weighted by molar-refractivity contribution is 6.11. The summed E-state index contributed by atoms with van der Waals surface area (Å²) in [5.41, 5.74) is 8.90. The van der Waals surface area contributed by atoms with Crippen LogP contribution in [0.2, 0.25) is 0 Å². The van der Waals surface area contributed by atoms with Gasteiger partial charge in [0, 0.05) is 31.2 Å². The number of fused-ring (bicyclic) bond motifs is 5. The molecule has 0 bridgehead atoms. The summed E-state index contributed by atoms with van der Waals surface area (Å²) in [6.45, 7) is 11.6. The lowest BCUT2D eigenvalue weighted by Gasteiger charge is -2.41. The molecule has 2 nitrogen and oxygen atoms in total. The van der Waals surface area contributed by atoms with Crippen molar-refractivity contribution < 1.29 is 11.7 Å². The van der Waals surface area contributed by atoms with Crippen molar-refractivity contribution in [1.29, 1.82) is 0 Å². The third-order valence-electron chi connectivity index (χ3n) is 9.18. The highest BCUT2D eigenvalue weighted by atomic mass is 16.3. The van der Waals surface area contributed by atoms with Gasteiger partial charge in [-0.3, -0.25) is 0 Å². The Morgan fingerprint density at radius 3 is 2.39 bits per heavy atom. The fourth-order valence-electron chi connectivity index (χ4n) is 6.83. The van der Waals surface area contributed by atoms with Gasteiger partial charge in [0.2, 0.25) is 5.69 Å². The zero-order chi connectivity index (χ0) is 27.0. The normalized spacial score (nSPS) is 20.8. The topological polar surface area (TPSA) is 17.0 Å². The second-order valence-corrected chi connectivity index (χ2v) is 12.8. The Morgan fingerprint density at radius 1 is 0.917 bits per heavy atom. The average Bonchev–Trinajstić information content (AvgIpc) is 3.26. The molecule has 6 rings (SSSR count). The number of aromatic nitrogens is 1. The molecule has 4 aromatic rings. The quantitative estimate of drug-likeness (QED) is 0.266. The van der Waals surface area contributed by atoms with Gasteiger partial charge in [0.1, 0.15) is 18.2 Å². The van der Waals surface area contributed by atoms with Crippen LogP contribution in [0.1, 0.15) is 97.6 Å². The number of hydrogen-bond donors (Lipinski definition) is 0. The standard InChI is InChI=1S/C34H42NO/c1-22-12-13-25-26-14-15-27-30(34(4,5)18-17-33(27,2)3)32(26)36-31(25)29(22)28-21-24(16-19-35(28)6)20-23-10-8-7-9-11-23/h12-16,19,21,23H,7-11,17-18,20H2,1-6H3/q+1/i20D2. The van der Waals surface area contributed by atoms with E-state index in [1.165, 1.54) is 29.4 Å². The maximum absolute atomic E-state index is 9.12. The highest BCUT2D eigenvalue weighted by Gasteiger charge is 2.39. The van der Waals surface area contributed by atoms with E-state index in [1.54, 1.807) is 0 Å². The molecule has 2 aromatic heterocycles. The van der Waals surface area contributed by atoms with E-state index in [-0.39, 0.29) is 16.7 Å². The van der Waals surface area contributed by atoms with Gasteiger partial charge < -0.3 is 4.42 Å². The van der Waals surface area contributed by atoms with Gasteiger partial charge in [-0.25, -0.2) is 4.57 Å². The van der Waals surface area contributed by atoms with Crippen molar-refractivity contribution in [1.82, 2.24) is 0 Å². The predicted octanol–water partition coefficient (Wildman–Crippen LogP) is 8.86. The van der Waals surface area contributed by atoms with Gasteiger partial charge in [-0.1, -0.05) is 84.1 Å². The van der Waals surface area contributed by atoms with Gasteiger partial charge in [0.05, 0.1) is 5.56 Å². The third kappa shape index (κ3) is 3.80. The summed E-state index contributed by atoms with van der Waals surface area (Å²) in [5, 5.41) is 2.32. The number of aryl methyl sites for hydroxylation is 2. The van der Waals surface area contributed by atoms with Gasteiger partial charge in [-0.2, -0.15) is 0 Å². The molecule has 0 atom stereocenters.